The van der Waals surface area contributed by atoms with Gasteiger partial charge in [0.2, 0.25) is 0 Å². The predicted molar refractivity (Wildman–Crippen MR) is 89.5 cm³/mol. The predicted octanol–water partition coefficient (Wildman–Crippen LogP) is 3.82. The molecular weight excluding hydrogens is 296 g/mol. The summed E-state index contributed by atoms with van der Waals surface area (Å²) in [5.41, 5.74) is -1.12. The van der Waals surface area contributed by atoms with Crippen LogP contribution < -0.4 is 0 Å². The Labute approximate surface area is 134 Å². The van der Waals surface area contributed by atoms with Crippen molar-refractivity contribution in [2.45, 2.75) is 69.1 Å². The molecule has 1 aliphatic carbocycles. The van der Waals surface area contributed by atoms with E-state index in [4.69, 9.17) is 0 Å². The highest BCUT2D eigenvalue weighted by Gasteiger charge is 2.54. The van der Waals surface area contributed by atoms with Crippen molar-refractivity contribution >= 4 is 9.84 Å². The fourth-order valence-corrected chi connectivity index (χ4v) is 5.61. The van der Waals surface area contributed by atoms with E-state index in [9.17, 15) is 13.5 Å². The zero-order chi connectivity index (χ0) is 16.6. The molecule has 1 aliphatic rings. The second-order valence-corrected chi connectivity index (χ2v) is 9.48. The summed E-state index contributed by atoms with van der Waals surface area (Å²) in [6.07, 6.45) is 2.89. The number of aliphatic hydroxyl groups is 1. The first-order chi connectivity index (χ1) is 10.2. The molecule has 0 aliphatic heterocycles. The summed E-state index contributed by atoms with van der Waals surface area (Å²) < 4.78 is 25.6. The molecule has 4 heteroatoms. The Hall–Kier alpha value is -0.870. The monoisotopic (exact) mass is 324 g/mol. The quantitative estimate of drug-likeness (QED) is 0.896. The zero-order valence-electron chi connectivity index (χ0n) is 14.0. The standard InChI is InChI=1S/C18H28O3S/c1-5-18(19)12-11-14(2)17(18,4)13-15(3)22(20,21)16-9-7-6-8-10-16/h6-10,14-15,19H,5,11-13H2,1-4H3/t14?,15-,17?,18-/m0/s1. The molecule has 2 unspecified atom stereocenters. The van der Waals surface area contributed by atoms with Gasteiger partial charge in [-0.05, 0) is 50.7 Å². The Morgan fingerprint density at radius 1 is 1.32 bits per heavy atom. The minimum Gasteiger partial charge on any atom is -0.389 e. The highest BCUT2D eigenvalue weighted by Crippen LogP contribution is 2.55. The average molecular weight is 324 g/mol. The first-order valence-electron chi connectivity index (χ1n) is 8.19. The van der Waals surface area contributed by atoms with Gasteiger partial charge in [-0.1, -0.05) is 39.0 Å². The lowest BCUT2D eigenvalue weighted by molar-refractivity contribution is -0.0735. The summed E-state index contributed by atoms with van der Waals surface area (Å²) in [5, 5.41) is 10.5. The van der Waals surface area contributed by atoms with Gasteiger partial charge in [-0.25, -0.2) is 8.42 Å². The van der Waals surface area contributed by atoms with Crippen LogP contribution in [0.15, 0.2) is 35.2 Å². The highest BCUT2D eigenvalue weighted by molar-refractivity contribution is 7.92. The summed E-state index contributed by atoms with van der Waals surface area (Å²) >= 11 is 0. The maximum Gasteiger partial charge on any atom is 0.180 e. The van der Waals surface area contributed by atoms with Gasteiger partial charge >= 0.3 is 0 Å². The second kappa shape index (κ2) is 5.97. The third kappa shape index (κ3) is 2.71. The summed E-state index contributed by atoms with van der Waals surface area (Å²) in [6.45, 7) is 7.96. The van der Waals surface area contributed by atoms with E-state index in [-0.39, 0.29) is 5.41 Å². The van der Waals surface area contributed by atoms with Crippen molar-refractivity contribution in [1.82, 2.24) is 0 Å². The molecule has 4 atom stereocenters. The molecular formula is C18H28O3S. The average Bonchev–Trinajstić information content (AvgIpc) is 2.73. The van der Waals surface area contributed by atoms with E-state index in [1.165, 1.54) is 0 Å². The number of sulfone groups is 1. The molecule has 124 valence electrons. The van der Waals surface area contributed by atoms with Crippen LogP contribution in [0.2, 0.25) is 0 Å². The number of hydrogen-bond donors (Lipinski definition) is 1. The van der Waals surface area contributed by atoms with Gasteiger partial charge in [0.15, 0.2) is 9.84 Å². The van der Waals surface area contributed by atoms with Gasteiger partial charge in [0.25, 0.3) is 0 Å². The maximum absolute atomic E-state index is 12.8. The minimum atomic E-state index is -3.36. The van der Waals surface area contributed by atoms with Crippen LogP contribution in [0.3, 0.4) is 0 Å². The van der Waals surface area contributed by atoms with Crippen LogP contribution in [0.5, 0.6) is 0 Å². The fraction of sp³-hybridized carbons (Fsp3) is 0.667. The van der Waals surface area contributed by atoms with Gasteiger partial charge in [0, 0.05) is 5.41 Å². The molecule has 2 rings (SSSR count). The molecule has 0 radical (unpaired) electrons. The number of rotatable bonds is 5. The normalized spacial score (nSPS) is 33.8. The zero-order valence-corrected chi connectivity index (χ0v) is 14.9. The Morgan fingerprint density at radius 3 is 2.45 bits per heavy atom. The van der Waals surface area contributed by atoms with Crippen molar-refractivity contribution in [2.75, 3.05) is 0 Å². The fourth-order valence-electron chi connectivity index (χ4n) is 4.04. The third-order valence-corrected chi connectivity index (χ3v) is 8.19. The Bertz CT molecular complexity index is 610. The van der Waals surface area contributed by atoms with Crippen molar-refractivity contribution in [3.05, 3.63) is 30.3 Å². The first-order valence-corrected chi connectivity index (χ1v) is 9.73. The summed E-state index contributed by atoms with van der Waals surface area (Å²) in [5.74, 6) is 0.325. The molecule has 0 bridgehead atoms. The molecule has 1 fully saturated rings. The van der Waals surface area contributed by atoms with Crippen molar-refractivity contribution < 1.29 is 13.5 Å². The Kier molecular flexibility index (Phi) is 4.74. The van der Waals surface area contributed by atoms with Crippen LogP contribution in [0.4, 0.5) is 0 Å². The molecule has 1 aromatic carbocycles. The Balaban J connectivity index is 2.30. The van der Waals surface area contributed by atoms with Crippen molar-refractivity contribution in [3.63, 3.8) is 0 Å². The molecule has 1 N–H and O–H groups in total. The molecule has 1 saturated carbocycles. The van der Waals surface area contributed by atoms with Crippen molar-refractivity contribution in [3.8, 4) is 0 Å². The maximum atomic E-state index is 12.8. The smallest absolute Gasteiger partial charge is 0.180 e. The van der Waals surface area contributed by atoms with Crippen LogP contribution in [0.1, 0.15) is 53.4 Å². The van der Waals surface area contributed by atoms with Crippen LogP contribution in [-0.2, 0) is 9.84 Å². The van der Waals surface area contributed by atoms with E-state index in [2.05, 4.69) is 13.8 Å². The molecule has 22 heavy (non-hydrogen) atoms. The van der Waals surface area contributed by atoms with E-state index in [0.717, 1.165) is 12.8 Å². The van der Waals surface area contributed by atoms with E-state index in [1.807, 2.05) is 13.0 Å². The van der Waals surface area contributed by atoms with E-state index < -0.39 is 20.7 Å². The molecule has 0 aromatic heterocycles. The molecule has 3 nitrogen and oxygen atoms in total. The molecule has 0 spiro atoms. The second-order valence-electron chi connectivity index (χ2n) is 7.12. The van der Waals surface area contributed by atoms with Crippen LogP contribution in [0, 0.1) is 11.3 Å². The van der Waals surface area contributed by atoms with Crippen LogP contribution in [-0.4, -0.2) is 24.4 Å². The van der Waals surface area contributed by atoms with Gasteiger partial charge in [0.05, 0.1) is 15.7 Å². The topological polar surface area (TPSA) is 54.4 Å². The molecule has 0 amide bonds. The first kappa shape index (κ1) is 17.5. The summed E-state index contributed by atoms with van der Waals surface area (Å²) in [4.78, 5) is 0.372. The van der Waals surface area contributed by atoms with E-state index in [0.29, 0.717) is 23.7 Å². The number of hydrogen-bond acceptors (Lipinski definition) is 3. The third-order valence-electron chi connectivity index (χ3n) is 6.04. The SMILES string of the molecule is CC[C@]1(O)CCC(C)C1(C)C[C@H](C)S(=O)(=O)c1ccccc1. The summed E-state index contributed by atoms with van der Waals surface area (Å²) in [6, 6.07) is 8.63. The molecule has 1 aromatic rings. The van der Waals surface area contributed by atoms with Gasteiger partial charge in [-0.15, -0.1) is 0 Å². The highest BCUT2D eigenvalue weighted by atomic mass is 32.2. The van der Waals surface area contributed by atoms with Gasteiger partial charge < -0.3 is 5.11 Å². The lowest BCUT2D eigenvalue weighted by Crippen LogP contribution is -2.46. The molecule has 0 heterocycles. The van der Waals surface area contributed by atoms with Crippen LogP contribution in [0.25, 0.3) is 0 Å². The lowest BCUT2D eigenvalue weighted by Gasteiger charge is -2.43. The van der Waals surface area contributed by atoms with Gasteiger partial charge in [0.1, 0.15) is 0 Å². The molecule has 0 saturated heterocycles. The minimum absolute atomic E-state index is 0.325. The van der Waals surface area contributed by atoms with Crippen molar-refractivity contribution in [1.29, 1.82) is 0 Å². The number of benzene rings is 1. The van der Waals surface area contributed by atoms with E-state index in [1.54, 1.807) is 31.2 Å². The van der Waals surface area contributed by atoms with E-state index >= 15 is 0 Å². The van der Waals surface area contributed by atoms with Crippen LogP contribution >= 0.6 is 0 Å². The van der Waals surface area contributed by atoms with Crippen molar-refractivity contribution in [2.24, 2.45) is 11.3 Å². The largest absolute Gasteiger partial charge is 0.389 e. The van der Waals surface area contributed by atoms with Gasteiger partial charge in [-0.3, -0.25) is 0 Å². The van der Waals surface area contributed by atoms with Gasteiger partial charge in [-0.2, -0.15) is 0 Å². The lowest BCUT2D eigenvalue weighted by atomic mass is 9.67. The Morgan fingerprint density at radius 2 is 1.91 bits per heavy atom. The summed E-state index contributed by atoms with van der Waals surface area (Å²) in [7, 11) is -3.36.